The molecule has 0 aromatic carbocycles. The second kappa shape index (κ2) is 8.86. The van der Waals surface area contributed by atoms with Gasteiger partial charge in [-0.1, -0.05) is 6.07 Å². The van der Waals surface area contributed by atoms with Crippen LogP contribution in [0.3, 0.4) is 0 Å². The van der Waals surface area contributed by atoms with E-state index in [1.54, 1.807) is 11.3 Å². The van der Waals surface area contributed by atoms with Gasteiger partial charge in [0.25, 0.3) is 0 Å². The highest BCUT2D eigenvalue weighted by Crippen LogP contribution is 2.31. The normalized spacial score (nSPS) is 26.1. The lowest BCUT2D eigenvalue weighted by atomic mass is 10.0. The molecule has 2 aliphatic rings. The lowest BCUT2D eigenvalue weighted by Gasteiger charge is -2.32. The molecule has 0 spiro atoms. The topological polar surface area (TPSA) is 95.9 Å². The zero-order valence-corrected chi connectivity index (χ0v) is 16.1. The minimum Gasteiger partial charge on any atom is -0.475 e. The third-order valence-corrected chi connectivity index (χ3v) is 5.77. The molecule has 27 heavy (non-hydrogen) atoms. The highest BCUT2D eigenvalue weighted by Gasteiger charge is 2.44. The van der Waals surface area contributed by atoms with E-state index in [1.807, 2.05) is 0 Å². The summed E-state index contributed by atoms with van der Waals surface area (Å²) in [4.78, 5) is 12.6. The van der Waals surface area contributed by atoms with Gasteiger partial charge in [-0.3, -0.25) is 4.90 Å². The number of nitrogens with zero attached hydrogens (tertiary/aromatic N) is 1. The lowest BCUT2D eigenvalue weighted by molar-refractivity contribution is -0.192. The molecule has 3 rings (SSSR count). The summed E-state index contributed by atoms with van der Waals surface area (Å²) >= 11 is 1.74. The Morgan fingerprint density at radius 1 is 1.48 bits per heavy atom. The van der Waals surface area contributed by atoms with Gasteiger partial charge in [-0.05, 0) is 24.3 Å². The Kier molecular flexibility index (Phi) is 7.25. The smallest absolute Gasteiger partial charge is 0.475 e. The van der Waals surface area contributed by atoms with E-state index >= 15 is 0 Å². The number of nitrogens with one attached hydrogen (secondary N) is 1. The van der Waals surface area contributed by atoms with Crippen molar-refractivity contribution in [1.29, 1.82) is 0 Å². The van der Waals surface area contributed by atoms with Gasteiger partial charge in [0.15, 0.2) is 0 Å². The quantitative estimate of drug-likeness (QED) is 0.755. The number of rotatable bonds is 4. The molecule has 0 saturated carbocycles. The van der Waals surface area contributed by atoms with Crippen LogP contribution in [0.4, 0.5) is 13.2 Å². The average Bonchev–Trinajstić information content (AvgIpc) is 3.15. The van der Waals surface area contributed by atoms with E-state index in [2.05, 4.69) is 27.1 Å². The zero-order chi connectivity index (χ0) is 20.2. The average molecular weight is 430 g/mol. The van der Waals surface area contributed by atoms with Crippen molar-refractivity contribution < 1.29 is 36.2 Å². The van der Waals surface area contributed by atoms with Crippen molar-refractivity contribution in [3.63, 3.8) is 0 Å². The Hall–Kier alpha value is -1.21. The first-order valence-electron chi connectivity index (χ1n) is 8.13. The number of carboxylic acid groups (broad SMARTS) is 1. The van der Waals surface area contributed by atoms with Crippen LogP contribution in [0.5, 0.6) is 0 Å². The number of likely N-dealkylation sites (tertiary alicyclic amines) is 1. The fourth-order valence-electron chi connectivity index (χ4n) is 3.22. The Balaban J connectivity index is 0.000000321. The van der Waals surface area contributed by atoms with Crippen LogP contribution in [0.25, 0.3) is 0 Å². The summed E-state index contributed by atoms with van der Waals surface area (Å²) in [6, 6.07) is 4.37. The third kappa shape index (κ3) is 6.71. The minimum absolute atomic E-state index is 0.0153. The lowest BCUT2D eigenvalue weighted by Crippen LogP contribution is -2.47. The number of hydrogen-bond acceptors (Lipinski definition) is 6. The summed E-state index contributed by atoms with van der Waals surface area (Å²) in [5, 5.41) is 9.20. The van der Waals surface area contributed by atoms with E-state index in [9.17, 15) is 21.6 Å². The van der Waals surface area contributed by atoms with Gasteiger partial charge in [0.05, 0.1) is 18.4 Å². The highest BCUT2D eigenvalue weighted by molar-refractivity contribution is 7.88. The van der Waals surface area contributed by atoms with Gasteiger partial charge < -0.3 is 9.84 Å². The molecular formula is C15H21F3N2O5S2. The van der Waals surface area contributed by atoms with E-state index in [4.69, 9.17) is 14.6 Å². The molecule has 12 heteroatoms. The van der Waals surface area contributed by atoms with Crippen molar-refractivity contribution >= 4 is 27.3 Å². The SMILES string of the molecule is CS(=O)(=O)N[C@H]1CN(Cc2cccs2)[C@@H]2CCCO[C@H]12.O=C(O)C(F)(F)F. The van der Waals surface area contributed by atoms with Crippen LogP contribution >= 0.6 is 11.3 Å². The second-order valence-electron chi connectivity index (χ2n) is 6.35. The molecule has 1 aromatic heterocycles. The van der Waals surface area contributed by atoms with E-state index in [0.29, 0.717) is 6.04 Å². The Bertz CT molecular complexity index is 724. The summed E-state index contributed by atoms with van der Waals surface area (Å²) in [6.07, 6.45) is -1.75. The summed E-state index contributed by atoms with van der Waals surface area (Å²) < 4.78 is 63.3. The van der Waals surface area contributed by atoms with Crippen molar-refractivity contribution in [2.24, 2.45) is 0 Å². The van der Waals surface area contributed by atoms with Gasteiger partial charge in [0.1, 0.15) is 0 Å². The molecule has 2 fully saturated rings. The van der Waals surface area contributed by atoms with Crippen LogP contribution in [0.15, 0.2) is 17.5 Å². The molecule has 3 heterocycles. The van der Waals surface area contributed by atoms with Crippen molar-refractivity contribution in [2.75, 3.05) is 19.4 Å². The van der Waals surface area contributed by atoms with Crippen LogP contribution in [0.2, 0.25) is 0 Å². The number of fused-ring (bicyclic) bond motifs is 1. The molecule has 2 aliphatic heterocycles. The number of thiophene rings is 1. The van der Waals surface area contributed by atoms with Crippen LogP contribution < -0.4 is 4.72 Å². The van der Waals surface area contributed by atoms with Gasteiger partial charge in [0, 0.05) is 30.6 Å². The van der Waals surface area contributed by atoms with Gasteiger partial charge in [0.2, 0.25) is 10.0 Å². The van der Waals surface area contributed by atoms with Gasteiger partial charge >= 0.3 is 12.1 Å². The van der Waals surface area contributed by atoms with E-state index in [0.717, 1.165) is 32.5 Å². The number of hydrogen-bond donors (Lipinski definition) is 2. The van der Waals surface area contributed by atoms with E-state index < -0.39 is 22.2 Å². The molecule has 7 nitrogen and oxygen atoms in total. The highest BCUT2D eigenvalue weighted by atomic mass is 32.2. The van der Waals surface area contributed by atoms with Crippen molar-refractivity contribution in [1.82, 2.24) is 9.62 Å². The molecule has 154 valence electrons. The fraction of sp³-hybridized carbons (Fsp3) is 0.667. The number of carboxylic acids is 1. The molecule has 2 saturated heterocycles. The second-order valence-corrected chi connectivity index (χ2v) is 9.17. The molecule has 0 bridgehead atoms. The van der Waals surface area contributed by atoms with Crippen molar-refractivity contribution in [2.45, 2.75) is 43.8 Å². The molecule has 0 amide bonds. The number of carbonyl (C=O) groups is 1. The third-order valence-electron chi connectivity index (χ3n) is 4.18. The molecule has 2 N–H and O–H groups in total. The molecule has 1 aromatic rings. The van der Waals surface area contributed by atoms with E-state index in [-0.39, 0.29) is 12.1 Å². The molecule has 0 unspecified atom stereocenters. The maximum Gasteiger partial charge on any atom is 0.490 e. The number of halogens is 3. The first-order chi connectivity index (χ1) is 12.5. The largest absolute Gasteiger partial charge is 0.490 e. The first-order valence-corrected chi connectivity index (χ1v) is 10.9. The molecule has 0 aliphatic carbocycles. The monoisotopic (exact) mass is 430 g/mol. The predicted octanol–water partition coefficient (Wildman–Crippen LogP) is 1.66. The predicted molar refractivity (Wildman–Crippen MR) is 92.9 cm³/mol. The van der Waals surface area contributed by atoms with Crippen molar-refractivity contribution in [3.05, 3.63) is 22.4 Å². The summed E-state index contributed by atoms with van der Waals surface area (Å²) in [6.45, 7) is 2.33. The number of sulfonamides is 1. The molecule has 3 atom stereocenters. The maximum atomic E-state index is 11.5. The number of alkyl halides is 3. The summed E-state index contributed by atoms with van der Waals surface area (Å²) in [5.74, 6) is -2.76. The zero-order valence-electron chi connectivity index (χ0n) is 14.5. The Morgan fingerprint density at radius 2 is 2.15 bits per heavy atom. The molecule has 0 radical (unpaired) electrons. The number of aliphatic carboxylic acids is 1. The minimum atomic E-state index is -5.08. The Morgan fingerprint density at radius 3 is 2.67 bits per heavy atom. The summed E-state index contributed by atoms with van der Waals surface area (Å²) in [7, 11) is -3.20. The number of ether oxygens (including phenoxy) is 1. The maximum absolute atomic E-state index is 11.5. The standard InChI is InChI=1S/C13H20N2O3S2.C2HF3O2/c1-20(16,17)14-11-9-15(8-10-4-3-7-19-10)12-5-2-6-18-13(11)12;3-2(4,5)1(6)7/h3-4,7,11-14H,2,5-6,8-9H2,1H3;(H,6,7)/t11-,12+,13+;/m0./s1. The fourth-order valence-corrected chi connectivity index (χ4v) is 4.71. The molecular weight excluding hydrogens is 409 g/mol. The van der Waals surface area contributed by atoms with E-state index in [1.165, 1.54) is 11.1 Å². The van der Waals surface area contributed by atoms with Gasteiger partial charge in [-0.2, -0.15) is 13.2 Å². The van der Waals surface area contributed by atoms with Crippen LogP contribution in [-0.4, -0.2) is 68.2 Å². The van der Waals surface area contributed by atoms with Crippen LogP contribution in [0, 0.1) is 0 Å². The van der Waals surface area contributed by atoms with Crippen molar-refractivity contribution in [3.8, 4) is 0 Å². The van der Waals surface area contributed by atoms with Gasteiger partial charge in [-0.15, -0.1) is 11.3 Å². The van der Waals surface area contributed by atoms with Gasteiger partial charge in [-0.25, -0.2) is 17.9 Å². The summed E-state index contributed by atoms with van der Waals surface area (Å²) in [5.41, 5.74) is 0. The van der Waals surface area contributed by atoms with Crippen LogP contribution in [0.1, 0.15) is 17.7 Å². The Labute approximate surface area is 159 Å². The van der Waals surface area contributed by atoms with Crippen LogP contribution in [-0.2, 0) is 26.1 Å². The first kappa shape index (κ1) is 22.1.